The van der Waals surface area contributed by atoms with Crippen LogP contribution in [-0.4, -0.2) is 79.3 Å². The molecule has 1 aliphatic heterocycles. The van der Waals surface area contributed by atoms with Gasteiger partial charge in [-0.15, -0.1) is 0 Å². The van der Waals surface area contributed by atoms with Gasteiger partial charge in [0.1, 0.15) is 5.78 Å². The summed E-state index contributed by atoms with van der Waals surface area (Å²) >= 11 is 0. The number of amides is 1. The maximum absolute atomic E-state index is 11.9. The van der Waals surface area contributed by atoms with Crippen molar-refractivity contribution in [2.24, 2.45) is 17.6 Å². The fraction of sp³-hybridized carbons (Fsp3) is 0.789. The Morgan fingerprint density at radius 3 is 2.20 bits per heavy atom. The average Bonchev–Trinajstić information content (AvgIpc) is 2.59. The first kappa shape index (κ1) is 19.9. The van der Waals surface area contributed by atoms with Gasteiger partial charge >= 0.3 is 0 Å². The van der Waals surface area contributed by atoms with Gasteiger partial charge in [-0.1, -0.05) is 19.4 Å². The number of ketones is 1. The molecule has 2 fully saturated rings. The molecule has 0 aromatic rings. The van der Waals surface area contributed by atoms with Crippen LogP contribution in [0.1, 0.15) is 32.6 Å². The van der Waals surface area contributed by atoms with E-state index in [2.05, 4.69) is 28.3 Å². The van der Waals surface area contributed by atoms with Gasteiger partial charge in [-0.3, -0.25) is 19.4 Å². The molecule has 2 aliphatic rings. The predicted molar refractivity (Wildman–Crippen MR) is 100.0 cm³/mol. The molecule has 2 N–H and O–H groups in total. The fourth-order valence-corrected chi connectivity index (χ4v) is 4.13. The minimum Gasteiger partial charge on any atom is -0.377 e. The number of piperazine rings is 1. The quantitative estimate of drug-likeness (QED) is 0.705. The number of hydrogen-bond donors (Lipinski definition) is 1. The summed E-state index contributed by atoms with van der Waals surface area (Å²) in [7, 11) is 2.09. The third-order valence-corrected chi connectivity index (χ3v) is 5.80. The van der Waals surface area contributed by atoms with Crippen molar-refractivity contribution in [3.8, 4) is 0 Å². The van der Waals surface area contributed by atoms with E-state index in [4.69, 9.17) is 5.73 Å². The number of nitrogens with zero attached hydrogens (tertiary/aromatic N) is 3. The van der Waals surface area contributed by atoms with Crippen LogP contribution >= 0.6 is 0 Å². The Balaban J connectivity index is 1.76. The van der Waals surface area contributed by atoms with E-state index in [-0.39, 0.29) is 11.8 Å². The molecular formula is C19H34N4O2. The van der Waals surface area contributed by atoms with E-state index >= 15 is 0 Å². The maximum atomic E-state index is 11.9. The predicted octanol–water partition coefficient (Wildman–Crippen LogP) is 0.930. The molecule has 2 rings (SSSR count). The zero-order valence-corrected chi connectivity index (χ0v) is 15.9. The second-order valence-electron chi connectivity index (χ2n) is 7.61. The molecular weight excluding hydrogens is 316 g/mol. The lowest BCUT2D eigenvalue weighted by atomic mass is 9.75. The Labute approximate surface area is 152 Å². The first-order valence-electron chi connectivity index (χ1n) is 9.52. The number of primary amides is 1. The Morgan fingerprint density at radius 2 is 1.64 bits per heavy atom. The Hall–Kier alpha value is -1.40. The summed E-state index contributed by atoms with van der Waals surface area (Å²) in [6, 6.07) is 0. The highest BCUT2D eigenvalue weighted by atomic mass is 16.1. The van der Waals surface area contributed by atoms with Crippen LogP contribution in [0, 0.1) is 11.8 Å². The van der Waals surface area contributed by atoms with Crippen molar-refractivity contribution in [2.75, 3.05) is 52.9 Å². The first-order valence-corrected chi connectivity index (χ1v) is 9.52. The molecule has 6 nitrogen and oxygen atoms in total. The van der Waals surface area contributed by atoms with Crippen molar-refractivity contribution in [1.82, 2.24) is 14.7 Å². The maximum Gasteiger partial charge on any atom is 0.231 e. The lowest BCUT2D eigenvalue weighted by Gasteiger charge is -2.38. The van der Waals surface area contributed by atoms with Gasteiger partial charge in [0.25, 0.3) is 0 Å². The lowest BCUT2D eigenvalue weighted by molar-refractivity contribution is -0.123. The van der Waals surface area contributed by atoms with Crippen LogP contribution < -0.4 is 5.73 Å². The summed E-state index contributed by atoms with van der Waals surface area (Å²) in [5.74, 6) is 0.520. The van der Waals surface area contributed by atoms with E-state index in [1.54, 1.807) is 6.92 Å². The molecule has 142 valence electrons. The number of likely N-dealkylation sites (N-methyl/N-ethyl adjacent to an activating group) is 1. The number of nitrogens with two attached hydrogens (primary N) is 1. The van der Waals surface area contributed by atoms with Crippen molar-refractivity contribution in [3.05, 3.63) is 12.3 Å². The molecule has 2 atom stereocenters. The number of allylic oxidation sites excluding steroid dienone is 1. The zero-order chi connectivity index (χ0) is 18.4. The molecule has 1 saturated carbocycles. The van der Waals surface area contributed by atoms with Gasteiger partial charge in [0.15, 0.2) is 0 Å². The van der Waals surface area contributed by atoms with E-state index < -0.39 is 0 Å². The molecule has 0 bridgehead atoms. The topological polar surface area (TPSA) is 69.9 Å². The van der Waals surface area contributed by atoms with E-state index in [1.165, 1.54) is 6.42 Å². The number of rotatable bonds is 8. The van der Waals surface area contributed by atoms with Gasteiger partial charge < -0.3 is 10.6 Å². The van der Waals surface area contributed by atoms with Crippen molar-refractivity contribution >= 4 is 11.7 Å². The molecule has 0 aromatic heterocycles. The normalized spacial score (nSPS) is 25.5. The Kier molecular flexibility index (Phi) is 7.44. The Morgan fingerprint density at radius 1 is 1.08 bits per heavy atom. The number of carbonyl (C=O) groups is 2. The van der Waals surface area contributed by atoms with E-state index in [0.29, 0.717) is 18.2 Å². The summed E-state index contributed by atoms with van der Waals surface area (Å²) in [5, 5.41) is 0. The van der Waals surface area contributed by atoms with E-state index in [1.807, 2.05) is 0 Å². The van der Waals surface area contributed by atoms with E-state index in [0.717, 1.165) is 64.2 Å². The molecule has 1 saturated heterocycles. The van der Waals surface area contributed by atoms with Crippen molar-refractivity contribution in [3.63, 3.8) is 0 Å². The summed E-state index contributed by atoms with van der Waals surface area (Å²) in [6.45, 7) is 12.0. The monoisotopic (exact) mass is 350 g/mol. The molecule has 25 heavy (non-hydrogen) atoms. The van der Waals surface area contributed by atoms with Crippen LogP contribution in [0.25, 0.3) is 0 Å². The molecule has 1 heterocycles. The van der Waals surface area contributed by atoms with Crippen LogP contribution in [0.3, 0.4) is 0 Å². The highest BCUT2D eigenvalue weighted by Crippen LogP contribution is 2.35. The number of hydrogen-bond acceptors (Lipinski definition) is 5. The molecule has 1 aliphatic carbocycles. The van der Waals surface area contributed by atoms with Crippen molar-refractivity contribution in [2.45, 2.75) is 32.6 Å². The smallest absolute Gasteiger partial charge is 0.231 e. The van der Waals surface area contributed by atoms with Gasteiger partial charge in [0.05, 0.1) is 6.54 Å². The van der Waals surface area contributed by atoms with Gasteiger partial charge in [0.2, 0.25) is 5.91 Å². The van der Waals surface area contributed by atoms with Crippen molar-refractivity contribution < 1.29 is 9.59 Å². The number of carbonyl (C=O) groups excluding carboxylic acids is 2. The van der Waals surface area contributed by atoms with Crippen LogP contribution in [0.4, 0.5) is 0 Å². The standard InChI is InChI=1S/C19H34N4O2/c1-15(17-6-4-5-7-18(17)16(2)24)21(3)8-9-22-10-12-23(13-11-22)14-19(20)25/h17-18H,1,4-14H2,2-3H3,(H2,20,25)/t17-,18+/m1/s1. The third kappa shape index (κ3) is 5.82. The average molecular weight is 351 g/mol. The van der Waals surface area contributed by atoms with Crippen LogP contribution in [0.2, 0.25) is 0 Å². The first-order chi connectivity index (χ1) is 11.9. The minimum absolute atomic E-state index is 0.154. The number of Topliss-reactive ketones (excluding diaryl/α,β-unsaturated/α-hetero) is 1. The van der Waals surface area contributed by atoms with Crippen molar-refractivity contribution in [1.29, 1.82) is 0 Å². The summed E-state index contributed by atoms with van der Waals surface area (Å²) in [4.78, 5) is 29.7. The van der Waals surface area contributed by atoms with Crippen LogP contribution in [0.15, 0.2) is 12.3 Å². The highest BCUT2D eigenvalue weighted by molar-refractivity contribution is 5.79. The summed E-state index contributed by atoms with van der Waals surface area (Å²) in [6.07, 6.45) is 4.45. The second-order valence-corrected chi connectivity index (χ2v) is 7.61. The van der Waals surface area contributed by atoms with Gasteiger partial charge in [0, 0.05) is 63.8 Å². The molecule has 1 amide bonds. The minimum atomic E-state index is -0.253. The molecule has 0 unspecified atom stereocenters. The highest BCUT2D eigenvalue weighted by Gasteiger charge is 2.31. The second kappa shape index (κ2) is 9.34. The van der Waals surface area contributed by atoms with Gasteiger partial charge in [-0.05, 0) is 19.8 Å². The van der Waals surface area contributed by atoms with Crippen LogP contribution in [-0.2, 0) is 9.59 Å². The lowest BCUT2D eigenvalue weighted by Crippen LogP contribution is -2.50. The summed E-state index contributed by atoms with van der Waals surface area (Å²) in [5.41, 5.74) is 6.38. The zero-order valence-electron chi connectivity index (χ0n) is 15.9. The van der Waals surface area contributed by atoms with Gasteiger partial charge in [-0.25, -0.2) is 0 Å². The Bertz CT molecular complexity index is 486. The SMILES string of the molecule is C=C([C@H]1CCCC[C@H]1C(C)=O)N(C)CCN1CCN(CC(N)=O)CC1. The molecule has 0 aromatic carbocycles. The largest absolute Gasteiger partial charge is 0.377 e. The molecule has 6 heteroatoms. The van der Waals surface area contributed by atoms with Gasteiger partial charge in [-0.2, -0.15) is 0 Å². The molecule has 0 spiro atoms. The molecule has 0 radical (unpaired) electrons. The fourth-order valence-electron chi connectivity index (χ4n) is 4.13. The van der Waals surface area contributed by atoms with Crippen LogP contribution in [0.5, 0.6) is 0 Å². The van der Waals surface area contributed by atoms with E-state index in [9.17, 15) is 9.59 Å². The third-order valence-electron chi connectivity index (χ3n) is 5.80. The summed E-state index contributed by atoms with van der Waals surface area (Å²) < 4.78 is 0.